The summed E-state index contributed by atoms with van der Waals surface area (Å²) in [7, 11) is 0. The molecule has 0 N–H and O–H groups in total. The van der Waals surface area contributed by atoms with Crippen LogP contribution in [0.1, 0.15) is 41.6 Å². The van der Waals surface area contributed by atoms with Crippen LogP contribution < -0.4 is 4.90 Å². The van der Waals surface area contributed by atoms with Crippen LogP contribution in [0.3, 0.4) is 0 Å². The molecule has 5 rings (SSSR count). The Balaban J connectivity index is 1.27. The summed E-state index contributed by atoms with van der Waals surface area (Å²) < 4.78 is 5.34. The van der Waals surface area contributed by atoms with Gasteiger partial charge in [-0.05, 0) is 49.9 Å². The van der Waals surface area contributed by atoms with Crippen LogP contribution in [0.15, 0.2) is 59.6 Å². The highest BCUT2D eigenvalue weighted by molar-refractivity contribution is 5.95. The van der Waals surface area contributed by atoms with Crippen molar-refractivity contribution in [1.29, 1.82) is 5.26 Å². The summed E-state index contributed by atoms with van der Waals surface area (Å²) in [4.78, 5) is 26.1. The molecule has 1 saturated heterocycles. The first-order valence-corrected chi connectivity index (χ1v) is 10.7. The SMILES string of the molecule is N#Cc1ccc(N2CCC(N(C(=O)c3ccc(-c4cnco4)cc3)C3CC3)CC2)nc1. The van der Waals surface area contributed by atoms with E-state index in [0.29, 0.717) is 22.9 Å². The van der Waals surface area contributed by atoms with Crippen LogP contribution in [-0.2, 0) is 0 Å². The van der Waals surface area contributed by atoms with Gasteiger partial charge in [-0.25, -0.2) is 9.97 Å². The number of nitriles is 1. The average molecular weight is 413 g/mol. The molecule has 1 amide bonds. The van der Waals surface area contributed by atoms with Crippen molar-refractivity contribution in [1.82, 2.24) is 14.9 Å². The van der Waals surface area contributed by atoms with Gasteiger partial charge in [0.15, 0.2) is 12.2 Å². The van der Waals surface area contributed by atoms with E-state index in [9.17, 15) is 4.79 Å². The standard InChI is InChI=1S/C24H23N5O2/c25-13-17-1-8-23(27-14-17)28-11-9-21(10-12-28)29(20-6-7-20)24(30)19-4-2-18(3-5-19)22-15-26-16-31-22/h1-5,8,14-16,20-21H,6-7,9-12H2. The first-order chi connectivity index (χ1) is 15.2. The highest BCUT2D eigenvalue weighted by Gasteiger charge is 2.39. The summed E-state index contributed by atoms with van der Waals surface area (Å²) in [6.07, 6.45) is 8.69. The van der Waals surface area contributed by atoms with E-state index in [1.807, 2.05) is 30.3 Å². The van der Waals surface area contributed by atoms with Crippen molar-refractivity contribution in [3.8, 4) is 17.4 Å². The number of anilines is 1. The quantitative estimate of drug-likeness (QED) is 0.631. The zero-order valence-electron chi connectivity index (χ0n) is 17.1. The van der Waals surface area contributed by atoms with Gasteiger partial charge < -0.3 is 14.2 Å². The zero-order valence-corrected chi connectivity index (χ0v) is 17.1. The molecule has 1 saturated carbocycles. The molecule has 1 aromatic carbocycles. The molecule has 2 fully saturated rings. The highest BCUT2D eigenvalue weighted by Crippen LogP contribution is 2.34. The predicted molar refractivity (Wildman–Crippen MR) is 115 cm³/mol. The monoisotopic (exact) mass is 413 g/mol. The minimum atomic E-state index is 0.113. The van der Waals surface area contributed by atoms with Gasteiger partial charge in [0.1, 0.15) is 11.9 Å². The fourth-order valence-corrected chi connectivity index (χ4v) is 4.28. The summed E-state index contributed by atoms with van der Waals surface area (Å²) in [5.74, 6) is 1.70. The van der Waals surface area contributed by atoms with E-state index < -0.39 is 0 Å². The molecule has 7 nitrogen and oxygen atoms in total. The van der Waals surface area contributed by atoms with Crippen LogP contribution in [0.25, 0.3) is 11.3 Å². The number of oxazole rings is 1. The number of amides is 1. The van der Waals surface area contributed by atoms with Gasteiger partial charge in [-0.15, -0.1) is 0 Å². The number of hydrogen-bond donors (Lipinski definition) is 0. The number of carbonyl (C=O) groups is 1. The number of nitrogens with zero attached hydrogens (tertiary/aromatic N) is 5. The van der Waals surface area contributed by atoms with Crippen molar-refractivity contribution >= 4 is 11.7 Å². The summed E-state index contributed by atoms with van der Waals surface area (Å²) in [6, 6.07) is 14.0. The third-order valence-corrected chi connectivity index (χ3v) is 6.08. The number of benzene rings is 1. The van der Waals surface area contributed by atoms with E-state index in [0.717, 1.165) is 50.2 Å². The van der Waals surface area contributed by atoms with Crippen LogP contribution in [0.5, 0.6) is 0 Å². The Morgan fingerprint density at radius 3 is 2.35 bits per heavy atom. The Hall–Kier alpha value is -3.66. The summed E-state index contributed by atoms with van der Waals surface area (Å²) in [5, 5.41) is 8.95. The topological polar surface area (TPSA) is 86.3 Å². The fraction of sp³-hybridized carbons (Fsp3) is 0.333. The average Bonchev–Trinajstić information content (AvgIpc) is 3.51. The third-order valence-electron chi connectivity index (χ3n) is 6.08. The predicted octanol–water partition coefficient (Wildman–Crippen LogP) is 3.88. The largest absolute Gasteiger partial charge is 0.444 e. The molecule has 0 unspecified atom stereocenters. The number of pyridine rings is 1. The lowest BCUT2D eigenvalue weighted by Gasteiger charge is -2.39. The second-order valence-electron chi connectivity index (χ2n) is 8.12. The molecule has 31 heavy (non-hydrogen) atoms. The van der Waals surface area contributed by atoms with Gasteiger partial charge in [-0.1, -0.05) is 12.1 Å². The van der Waals surface area contributed by atoms with Crippen molar-refractivity contribution in [2.24, 2.45) is 0 Å². The molecule has 2 aromatic heterocycles. The molecule has 0 radical (unpaired) electrons. The molecule has 7 heteroatoms. The number of carbonyl (C=O) groups excluding carboxylic acids is 1. The molecule has 1 aliphatic carbocycles. The third kappa shape index (κ3) is 4.02. The smallest absolute Gasteiger partial charge is 0.254 e. The van der Waals surface area contributed by atoms with Gasteiger partial charge in [0.05, 0.1) is 11.8 Å². The maximum Gasteiger partial charge on any atom is 0.254 e. The number of hydrogen-bond acceptors (Lipinski definition) is 6. The molecule has 0 spiro atoms. The highest BCUT2D eigenvalue weighted by atomic mass is 16.3. The van der Waals surface area contributed by atoms with E-state index >= 15 is 0 Å². The maximum absolute atomic E-state index is 13.4. The van der Waals surface area contributed by atoms with E-state index in [1.165, 1.54) is 6.39 Å². The number of rotatable bonds is 5. The van der Waals surface area contributed by atoms with Crippen molar-refractivity contribution in [2.75, 3.05) is 18.0 Å². The van der Waals surface area contributed by atoms with Crippen LogP contribution in [0, 0.1) is 11.3 Å². The maximum atomic E-state index is 13.4. The molecule has 2 aliphatic rings. The molecule has 0 bridgehead atoms. The van der Waals surface area contributed by atoms with E-state index in [2.05, 4.69) is 25.8 Å². The molecule has 3 heterocycles. The van der Waals surface area contributed by atoms with E-state index in [1.54, 1.807) is 18.5 Å². The summed E-state index contributed by atoms with van der Waals surface area (Å²) in [6.45, 7) is 1.70. The van der Waals surface area contributed by atoms with E-state index in [-0.39, 0.29) is 11.9 Å². The van der Waals surface area contributed by atoms with Gasteiger partial charge in [0, 0.05) is 42.5 Å². The van der Waals surface area contributed by atoms with Gasteiger partial charge in [-0.2, -0.15) is 5.26 Å². The Kier molecular flexibility index (Phi) is 5.13. The molecule has 156 valence electrons. The summed E-state index contributed by atoms with van der Waals surface area (Å²) in [5.41, 5.74) is 2.19. The Bertz CT molecular complexity index is 1070. The molecule has 0 atom stereocenters. The van der Waals surface area contributed by atoms with Crippen molar-refractivity contribution in [2.45, 2.75) is 37.8 Å². The van der Waals surface area contributed by atoms with Crippen LogP contribution in [-0.4, -0.2) is 45.9 Å². The molecule has 3 aromatic rings. The van der Waals surface area contributed by atoms with Crippen molar-refractivity contribution in [3.05, 3.63) is 66.3 Å². The lowest BCUT2D eigenvalue weighted by Crippen LogP contribution is -2.48. The van der Waals surface area contributed by atoms with Crippen molar-refractivity contribution in [3.63, 3.8) is 0 Å². The molecular formula is C24H23N5O2. The second-order valence-corrected chi connectivity index (χ2v) is 8.12. The normalized spacial score (nSPS) is 16.7. The second kappa shape index (κ2) is 8.23. The lowest BCUT2D eigenvalue weighted by molar-refractivity contribution is 0.0630. The van der Waals surface area contributed by atoms with Gasteiger partial charge >= 0.3 is 0 Å². The minimum absolute atomic E-state index is 0.113. The molecule has 1 aliphatic heterocycles. The van der Waals surface area contributed by atoms with Gasteiger partial charge in [-0.3, -0.25) is 4.79 Å². The lowest BCUT2D eigenvalue weighted by atomic mass is 10.0. The zero-order chi connectivity index (χ0) is 21.2. The Morgan fingerprint density at radius 1 is 1.03 bits per heavy atom. The summed E-state index contributed by atoms with van der Waals surface area (Å²) >= 11 is 0. The van der Waals surface area contributed by atoms with E-state index in [4.69, 9.17) is 9.68 Å². The van der Waals surface area contributed by atoms with Crippen LogP contribution in [0.4, 0.5) is 5.82 Å². The Morgan fingerprint density at radius 2 is 1.77 bits per heavy atom. The van der Waals surface area contributed by atoms with Gasteiger partial charge in [0.2, 0.25) is 0 Å². The minimum Gasteiger partial charge on any atom is -0.444 e. The van der Waals surface area contributed by atoms with Crippen LogP contribution >= 0.6 is 0 Å². The number of piperidine rings is 1. The first-order valence-electron chi connectivity index (χ1n) is 10.7. The van der Waals surface area contributed by atoms with Crippen LogP contribution in [0.2, 0.25) is 0 Å². The number of aromatic nitrogens is 2. The van der Waals surface area contributed by atoms with Crippen molar-refractivity contribution < 1.29 is 9.21 Å². The first kappa shape index (κ1) is 19.3. The Labute approximate surface area is 180 Å². The van der Waals surface area contributed by atoms with Gasteiger partial charge in [0.25, 0.3) is 5.91 Å². The fourth-order valence-electron chi connectivity index (χ4n) is 4.28. The molecular weight excluding hydrogens is 390 g/mol.